The molecular formula is C29H41BCl2FeN2O. The summed E-state index contributed by atoms with van der Waals surface area (Å²) in [5.74, 6) is 2.35. The number of aliphatic imine (C=N–C) groups is 1. The van der Waals surface area contributed by atoms with Crippen molar-refractivity contribution >= 4 is 38.5 Å². The van der Waals surface area contributed by atoms with E-state index in [1.54, 1.807) is 0 Å². The van der Waals surface area contributed by atoms with E-state index in [0.717, 1.165) is 34.4 Å². The summed E-state index contributed by atoms with van der Waals surface area (Å²) in [5.41, 5.74) is 6.65. The normalized spacial score (nSPS) is 20.9. The Morgan fingerprint density at radius 2 is 1.42 bits per heavy atom. The van der Waals surface area contributed by atoms with Gasteiger partial charge in [-0.2, -0.15) is 0 Å². The van der Waals surface area contributed by atoms with E-state index >= 15 is 0 Å². The van der Waals surface area contributed by atoms with Gasteiger partial charge in [-0.25, -0.2) is 4.98 Å². The maximum absolute atomic E-state index is 6.70. The van der Waals surface area contributed by atoms with Crippen LogP contribution in [0.3, 0.4) is 0 Å². The van der Waals surface area contributed by atoms with E-state index in [4.69, 9.17) is 34.8 Å². The second-order valence-electron chi connectivity index (χ2n) is 10.9. The molecule has 1 aromatic carbocycles. The van der Waals surface area contributed by atoms with Gasteiger partial charge in [-0.05, 0) is 60.6 Å². The third-order valence-electron chi connectivity index (χ3n) is 7.77. The molecule has 2 aliphatic rings. The van der Waals surface area contributed by atoms with E-state index in [2.05, 4.69) is 77.9 Å². The molecule has 2 bridgehead atoms. The van der Waals surface area contributed by atoms with Gasteiger partial charge in [0, 0.05) is 0 Å². The maximum atomic E-state index is 6.70. The monoisotopic (exact) mass is 570 g/mol. The molecule has 1 unspecified atom stereocenters. The summed E-state index contributed by atoms with van der Waals surface area (Å²) in [7, 11) is 9.53. The van der Waals surface area contributed by atoms with Crippen LogP contribution in [-0.2, 0) is 17.8 Å². The van der Waals surface area contributed by atoms with Crippen LogP contribution in [0.4, 0.5) is 5.69 Å². The Morgan fingerprint density at radius 3 is 1.92 bits per heavy atom. The number of pyridine rings is 1. The number of fused-ring (bicyclic) bond motifs is 2. The van der Waals surface area contributed by atoms with Crippen molar-refractivity contribution in [3.8, 4) is 0 Å². The molecule has 0 spiro atoms. The molecule has 7 heteroatoms. The van der Waals surface area contributed by atoms with E-state index in [1.807, 2.05) is 0 Å². The molecule has 0 aliphatic carbocycles. The fourth-order valence-electron chi connectivity index (χ4n) is 5.89. The average molecular weight is 571 g/mol. The molecule has 2 saturated heterocycles. The molecule has 0 amide bonds. The van der Waals surface area contributed by atoms with Crippen LogP contribution in [0.2, 0.25) is 11.6 Å². The Bertz CT molecular complexity index is 968. The number of hydrogen-bond donors (Lipinski definition) is 0. The van der Waals surface area contributed by atoms with Crippen LogP contribution in [0.15, 0.2) is 41.4 Å². The van der Waals surface area contributed by atoms with Crippen molar-refractivity contribution in [2.45, 2.75) is 110 Å². The predicted molar refractivity (Wildman–Crippen MR) is 153 cm³/mol. The van der Waals surface area contributed by atoms with Crippen LogP contribution >= 0.6 is 20.2 Å². The molecule has 3 nitrogen and oxygen atoms in total. The van der Waals surface area contributed by atoms with Gasteiger partial charge in [0.15, 0.2) is 0 Å². The standard InChI is InChI=1S/C29H41BN2O.2ClH.Fe/c1-19(2)25-15-9-16-26(20(3)4)29(25)31-21(5)27-17-10-18-28(32-27)22(6)33-30-23-11-7-12-24(30)14-8-13-23;;;/h9-10,15-20,22-24H,7-8,11-14H2,1-6H3;2*1H;/q;;;+2/p-2. The fourth-order valence-corrected chi connectivity index (χ4v) is 5.89. The van der Waals surface area contributed by atoms with Crippen LogP contribution in [0.1, 0.15) is 121 Å². The summed E-state index contributed by atoms with van der Waals surface area (Å²) in [5, 5.41) is 0. The molecule has 4 rings (SSSR count). The van der Waals surface area contributed by atoms with Gasteiger partial charge in [-0.15, -0.1) is 0 Å². The number of hydrogen-bond acceptors (Lipinski definition) is 3. The van der Waals surface area contributed by atoms with Crippen molar-refractivity contribution in [2.75, 3.05) is 0 Å². The van der Waals surface area contributed by atoms with Gasteiger partial charge in [0.05, 0.1) is 28.9 Å². The first kappa shape index (κ1) is 29.7. The topological polar surface area (TPSA) is 34.5 Å². The summed E-state index contributed by atoms with van der Waals surface area (Å²) < 4.78 is 6.70. The molecule has 2 fully saturated rings. The van der Waals surface area contributed by atoms with E-state index in [9.17, 15) is 0 Å². The van der Waals surface area contributed by atoms with Crippen molar-refractivity contribution in [3.63, 3.8) is 0 Å². The molecule has 3 heterocycles. The number of rotatable bonds is 7. The summed E-state index contributed by atoms with van der Waals surface area (Å²) >= 11 is 0.194. The molecular weight excluding hydrogens is 530 g/mol. The minimum atomic E-state index is 0.0122. The molecule has 198 valence electrons. The Balaban J connectivity index is 0.00000115. The van der Waals surface area contributed by atoms with Gasteiger partial charge in [-0.3, -0.25) is 4.99 Å². The first-order chi connectivity index (χ1) is 17.3. The number of aromatic nitrogens is 1. The van der Waals surface area contributed by atoms with Gasteiger partial charge in [-0.1, -0.05) is 90.5 Å². The molecule has 2 aromatic rings. The van der Waals surface area contributed by atoms with Gasteiger partial charge >= 0.3 is 33.3 Å². The van der Waals surface area contributed by atoms with Gasteiger partial charge in [0.2, 0.25) is 0 Å². The third kappa shape index (κ3) is 7.61. The summed E-state index contributed by atoms with van der Waals surface area (Å²) in [6.07, 6.45) is 8.10. The van der Waals surface area contributed by atoms with Crippen molar-refractivity contribution in [2.24, 2.45) is 4.99 Å². The molecule has 1 aromatic heterocycles. The summed E-state index contributed by atoms with van der Waals surface area (Å²) in [4.78, 5) is 10.2. The van der Waals surface area contributed by atoms with E-state index < -0.39 is 0 Å². The van der Waals surface area contributed by atoms with Crippen LogP contribution in [0.5, 0.6) is 0 Å². The Hall–Kier alpha value is -0.836. The number of nitrogens with zero attached hydrogens (tertiary/aromatic N) is 2. The third-order valence-corrected chi connectivity index (χ3v) is 7.77. The first-order valence-electron chi connectivity index (χ1n) is 13.4. The summed E-state index contributed by atoms with van der Waals surface area (Å²) in [6, 6.07) is 12.9. The molecule has 0 saturated carbocycles. The SMILES string of the molecule is CC(=Nc1c(C(C)C)cccc1C(C)C)c1cccc(C(C)OB2C3CCCC2CCC3)n1.[Cl][Fe][Cl]. The van der Waals surface area contributed by atoms with E-state index in [-0.39, 0.29) is 19.2 Å². The van der Waals surface area contributed by atoms with Crippen molar-refractivity contribution in [3.05, 3.63) is 58.9 Å². The molecule has 0 radical (unpaired) electrons. The van der Waals surface area contributed by atoms with Crippen LogP contribution < -0.4 is 0 Å². The van der Waals surface area contributed by atoms with Gasteiger partial charge in [0.25, 0.3) is 6.92 Å². The summed E-state index contributed by atoms with van der Waals surface area (Å²) in [6.45, 7) is 13.6. The molecule has 0 N–H and O–H groups in total. The van der Waals surface area contributed by atoms with E-state index in [0.29, 0.717) is 18.8 Å². The van der Waals surface area contributed by atoms with Crippen molar-refractivity contribution in [1.82, 2.24) is 4.98 Å². The van der Waals surface area contributed by atoms with Gasteiger partial charge in [0.1, 0.15) is 0 Å². The zero-order valence-corrected chi connectivity index (χ0v) is 25.2. The zero-order valence-electron chi connectivity index (χ0n) is 22.6. The van der Waals surface area contributed by atoms with Crippen LogP contribution in [0, 0.1) is 0 Å². The predicted octanol–water partition coefficient (Wildman–Crippen LogP) is 10.0. The average Bonchev–Trinajstić information content (AvgIpc) is 2.84. The van der Waals surface area contributed by atoms with Crippen LogP contribution in [0.25, 0.3) is 0 Å². The molecule has 2 aliphatic heterocycles. The quantitative estimate of drug-likeness (QED) is 0.245. The Morgan fingerprint density at radius 1 is 0.917 bits per heavy atom. The second kappa shape index (κ2) is 14.4. The first-order valence-corrected chi connectivity index (χ1v) is 16.5. The zero-order chi connectivity index (χ0) is 26.2. The number of benzene rings is 1. The van der Waals surface area contributed by atoms with Crippen molar-refractivity contribution < 1.29 is 17.8 Å². The minimum absolute atomic E-state index is 0.0122. The Kier molecular flexibility index (Phi) is 11.8. The second-order valence-corrected chi connectivity index (χ2v) is 12.7. The molecule has 36 heavy (non-hydrogen) atoms. The number of halogens is 2. The number of para-hydroxylation sites is 1. The fraction of sp³-hybridized carbons (Fsp3) is 0.586. The van der Waals surface area contributed by atoms with Crippen molar-refractivity contribution in [1.29, 1.82) is 0 Å². The van der Waals surface area contributed by atoms with Gasteiger partial charge < -0.3 is 4.65 Å². The van der Waals surface area contributed by atoms with E-state index in [1.165, 1.54) is 49.7 Å². The molecule has 1 atom stereocenters. The van der Waals surface area contributed by atoms with Crippen LogP contribution in [-0.4, -0.2) is 17.6 Å². The Labute approximate surface area is 233 Å².